The summed E-state index contributed by atoms with van der Waals surface area (Å²) >= 11 is 1.14. The van der Waals surface area contributed by atoms with Gasteiger partial charge in [-0.2, -0.15) is 13.2 Å². The Kier molecular flexibility index (Phi) is 3.67. The molecule has 0 aliphatic rings. The van der Waals surface area contributed by atoms with E-state index in [-0.39, 0.29) is 6.61 Å². The summed E-state index contributed by atoms with van der Waals surface area (Å²) in [6, 6.07) is 0. The highest BCUT2D eigenvalue weighted by Crippen LogP contribution is 2.19. The minimum Gasteiger partial charge on any atom is -0.366 e. The van der Waals surface area contributed by atoms with E-state index in [9.17, 15) is 13.2 Å². The molecule has 0 saturated carbocycles. The van der Waals surface area contributed by atoms with Gasteiger partial charge in [-0.05, 0) is 0 Å². The summed E-state index contributed by atoms with van der Waals surface area (Å²) < 4.78 is 39.4. The molecule has 1 aromatic heterocycles. The Hall–Kier alpha value is -0.860. The van der Waals surface area contributed by atoms with Crippen LogP contribution in [-0.2, 0) is 11.3 Å². The number of nitrogens with zero attached hydrogens (tertiary/aromatic N) is 1. The lowest BCUT2D eigenvalue weighted by molar-refractivity contribution is -0.176. The van der Waals surface area contributed by atoms with Gasteiger partial charge >= 0.3 is 6.18 Å². The molecule has 8 heteroatoms. The maximum atomic E-state index is 11.7. The molecular formula is C6H8F3N3OS. The molecule has 1 aromatic rings. The molecule has 0 radical (unpaired) electrons. The van der Waals surface area contributed by atoms with Gasteiger partial charge in [0.1, 0.15) is 6.61 Å². The molecule has 0 amide bonds. The monoisotopic (exact) mass is 227 g/mol. The first kappa shape index (κ1) is 11.2. The van der Waals surface area contributed by atoms with Gasteiger partial charge < -0.3 is 4.74 Å². The lowest BCUT2D eigenvalue weighted by Crippen LogP contribution is -2.16. The molecule has 4 nitrogen and oxygen atoms in total. The van der Waals surface area contributed by atoms with Crippen molar-refractivity contribution in [3.8, 4) is 0 Å². The zero-order valence-electron chi connectivity index (χ0n) is 6.97. The van der Waals surface area contributed by atoms with Crippen LogP contribution >= 0.6 is 11.3 Å². The summed E-state index contributed by atoms with van der Waals surface area (Å²) in [7, 11) is 0. The third-order valence-corrected chi connectivity index (χ3v) is 2.09. The number of ether oxygens (including phenoxy) is 1. The SMILES string of the molecule is NNc1ncc(COCC(F)(F)F)s1. The summed E-state index contributed by atoms with van der Waals surface area (Å²) in [6.07, 6.45) is -2.88. The molecule has 14 heavy (non-hydrogen) atoms. The number of nitrogen functional groups attached to an aromatic ring is 1. The van der Waals surface area contributed by atoms with Crippen molar-refractivity contribution >= 4 is 16.5 Å². The number of rotatable bonds is 4. The van der Waals surface area contributed by atoms with Crippen molar-refractivity contribution in [2.45, 2.75) is 12.8 Å². The smallest absolute Gasteiger partial charge is 0.366 e. The van der Waals surface area contributed by atoms with Gasteiger partial charge in [0.2, 0.25) is 0 Å². The van der Waals surface area contributed by atoms with Crippen LogP contribution in [0.1, 0.15) is 4.88 Å². The van der Waals surface area contributed by atoms with Crippen LogP contribution in [0.2, 0.25) is 0 Å². The molecule has 0 bridgehead atoms. The van der Waals surface area contributed by atoms with Crippen LogP contribution in [0, 0.1) is 0 Å². The number of hydrazine groups is 1. The fourth-order valence-corrected chi connectivity index (χ4v) is 1.37. The Balaban J connectivity index is 2.31. The number of nitrogens with one attached hydrogen (secondary N) is 1. The summed E-state index contributed by atoms with van der Waals surface area (Å²) in [5.74, 6) is 5.04. The molecule has 1 heterocycles. The van der Waals surface area contributed by atoms with Crippen molar-refractivity contribution in [2.24, 2.45) is 5.84 Å². The second-order valence-electron chi connectivity index (χ2n) is 2.38. The van der Waals surface area contributed by atoms with Gasteiger partial charge in [0, 0.05) is 6.20 Å². The average molecular weight is 227 g/mol. The zero-order valence-corrected chi connectivity index (χ0v) is 7.78. The number of anilines is 1. The molecule has 0 aliphatic heterocycles. The Bertz CT molecular complexity index is 288. The van der Waals surface area contributed by atoms with Crippen LogP contribution in [0.4, 0.5) is 18.3 Å². The minimum absolute atomic E-state index is 0.112. The van der Waals surface area contributed by atoms with E-state index < -0.39 is 12.8 Å². The highest BCUT2D eigenvalue weighted by molar-refractivity contribution is 7.15. The molecule has 0 spiro atoms. The van der Waals surface area contributed by atoms with Gasteiger partial charge in [-0.25, -0.2) is 10.8 Å². The van der Waals surface area contributed by atoms with E-state index in [2.05, 4.69) is 15.1 Å². The van der Waals surface area contributed by atoms with Gasteiger partial charge in [-0.15, -0.1) is 0 Å². The van der Waals surface area contributed by atoms with Crippen molar-refractivity contribution in [1.82, 2.24) is 4.98 Å². The van der Waals surface area contributed by atoms with E-state index in [0.29, 0.717) is 10.0 Å². The number of hydrogen-bond acceptors (Lipinski definition) is 5. The first-order chi connectivity index (χ1) is 6.51. The third kappa shape index (κ3) is 3.90. The number of aromatic nitrogens is 1. The second kappa shape index (κ2) is 4.58. The number of halogens is 3. The van der Waals surface area contributed by atoms with E-state index in [1.54, 1.807) is 0 Å². The van der Waals surface area contributed by atoms with Gasteiger partial charge in [0.15, 0.2) is 5.13 Å². The Labute approximate surface area is 81.9 Å². The minimum atomic E-state index is -4.29. The fourth-order valence-electron chi connectivity index (χ4n) is 0.708. The van der Waals surface area contributed by atoms with Gasteiger partial charge in [-0.3, -0.25) is 5.43 Å². The maximum Gasteiger partial charge on any atom is 0.411 e. The van der Waals surface area contributed by atoms with Crippen molar-refractivity contribution in [1.29, 1.82) is 0 Å². The fraction of sp³-hybridized carbons (Fsp3) is 0.500. The highest BCUT2D eigenvalue weighted by Gasteiger charge is 2.27. The van der Waals surface area contributed by atoms with E-state index in [1.807, 2.05) is 0 Å². The van der Waals surface area contributed by atoms with Gasteiger partial charge in [-0.1, -0.05) is 11.3 Å². The molecule has 0 fully saturated rings. The molecule has 3 N–H and O–H groups in total. The lowest BCUT2D eigenvalue weighted by Gasteiger charge is -2.05. The second-order valence-corrected chi connectivity index (χ2v) is 3.50. The van der Waals surface area contributed by atoms with Crippen molar-refractivity contribution < 1.29 is 17.9 Å². The summed E-state index contributed by atoms with van der Waals surface area (Å²) in [4.78, 5) is 4.36. The van der Waals surface area contributed by atoms with Crippen LogP contribution in [-0.4, -0.2) is 17.8 Å². The summed E-state index contributed by atoms with van der Waals surface area (Å²) in [6.45, 7) is -1.37. The molecule has 0 aliphatic carbocycles. The molecule has 80 valence electrons. The van der Waals surface area contributed by atoms with E-state index >= 15 is 0 Å². The Morgan fingerprint density at radius 3 is 2.79 bits per heavy atom. The topological polar surface area (TPSA) is 60.2 Å². The van der Waals surface area contributed by atoms with Crippen LogP contribution in [0.3, 0.4) is 0 Å². The Morgan fingerprint density at radius 2 is 2.29 bits per heavy atom. The van der Waals surface area contributed by atoms with Crippen LogP contribution in [0.15, 0.2) is 6.20 Å². The molecule has 0 saturated heterocycles. The highest BCUT2D eigenvalue weighted by atomic mass is 32.1. The quantitative estimate of drug-likeness (QED) is 0.604. The zero-order chi connectivity index (χ0) is 10.6. The molecule has 0 unspecified atom stereocenters. The first-order valence-corrected chi connectivity index (χ1v) is 4.39. The van der Waals surface area contributed by atoms with E-state index in [1.165, 1.54) is 6.20 Å². The van der Waals surface area contributed by atoms with Crippen molar-refractivity contribution in [3.63, 3.8) is 0 Å². The van der Waals surface area contributed by atoms with E-state index in [4.69, 9.17) is 5.84 Å². The summed E-state index contributed by atoms with van der Waals surface area (Å²) in [5, 5.41) is 0.440. The molecular weight excluding hydrogens is 219 g/mol. The largest absolute Gasteiger partial charge is 0.411 e. The van der Waals surface area contributed by atoms with E-state index in [0.717, 1.165) is 11.3 Å². The molecule has 0 atom stereocenters. The normalized spacial score (nSPS) is 11.7. The van der Waals surface area contributed by atoms with Crippen LogP contribution in [0.5, 0.6) is 0 Å². The maximum absolute atomic E-state index is 11.7. The third-order valence-electron chi connectivity index (χ3n) is 1.19. The number of hydrogen-bond donors (Lipinski definition) is 2. The van der Waals surface area contributed by atoms with Gasteiger partial charge in [0.25, 0.3) is 0 Å². The predicted molar refractivity (Wildman–Crippen MR) is 45.6 cm³/mol. The predicted octanol–water partition coefficient (Wildman–Crippen LogP) is 1.51. The van der Waals surface area contributed by atoms with Crippen molar-refractivity contribution in [2.75, 3.05) is 12.0 Å². The van der Waals surface area contributed by atoms with Crippen molar-refractivity contribution in [3.05, 3.63) is 11.1 Å². The standard InChI is InChI=1S/C6H8F3N3OS/c7-6(8,9)3-13-2-4-1-11-5(12-10)14-4/h1H,2-3,10H2,(H,11,12). The molecule has 1 rings (SSSR count). The Morgan fingerprint density at radius 1 is 1.57 bits per heavy atom. The lowest BCUT2D eigenvalue weighted by atomic mass is 10.6. The number of thiazole rings is 1. The van der Waals surface area contributed by atoms with Gasteiger partial charge in [0.05, 0.1) is 11.5 Å². The average Bonchev–Trinajstić information content (AvgIpc) is 2.50. The molecule has 0 aromatic carbocycles. The van der Waals surface area contributed by atoms with Crippen LogP contribution < -0.4 is 11.3 Å². The first-order valence-electron chi connectivity index (χ1n) is 3.57. The van der Waals surface area contributed by atoms with Crippen LogP contribution in [0.25, 0.3) is 0 Å². The number of alkyl halides is 3. The number of nitrogens with two attached hydrogens (primary N) is 1. The summed E-state index contributed by atoms with van der Waals surface area (Å²) in [5.41, 5.74) is 2.28.